The Hall–Kier alpha value is -2.70. The molecule has 0 radical (unpaired) electrons. The summed E-state index contributed by atoms with van der Waals surface area (Å²) in [6.07, 6.45) is 5.04. The number of benzene rings is 2. The van der Waals surface area contributed by atoms with Gasteiger partial charge in [0.2, 0.25) is 5.91 Å². The summed E-state index contributed by atoms with van der Waals surface area (Å²) in [5, 5.41) is 4.87. The summed E-state index contributed by atoms with van der Waals surface area (Å²) in [5.74, 6) is 0.304. The van der Waals surface area contributed by atoms with E-state index in [-0.39, 0.29) is 5.91 Å². The van der Waals surface area contributed by atoms with E-state index in [9.17, 15) is 4.79 Å². The van der Waals surface area contributed by atoms with Gasteiger partial charge in [-0.2, -0.15) is 0 Å². The van der Waals surface area contributed by atoms with Gasteiger partial charge in [0.1, 0.15) is 16.2 Å². The van der Waals surface area contributed by atoms with Crippen LogP contribution in [0.25, 0.3) is 20.7 Å². The molecule has 1 aliphatic carbocycles. The fraction of sp³-hybridized carbons (Fsp3) is 0.174. The molecule has 4 aromatic rings. The van der Waals surface area contributed by atoms with Crippen molar-refractivity contribution >= 4 is 44.9 Å². The van der Waals surface area contributed by atoms with Gasteiger partial charge < -0.3 is 5.32 Å². The molecule has 1 amide bonds. The summed E-state index contributed by atoms with van der Waals surface area (Å²) in [7, 11) is 0. The van der Waals surface area contributed by atoms with Gasteiger partial charge in [-0.25, -0.2) is 9.97 Å². The summed E-state index contributed by atoms with van der Waals surface area (Å²) in [6.45, 7) is 0. The number of amides is 1. The van der Waals surface area contributed by atoms with E-state index in [1.54, 1.807) is 17.7 Å². The van der Waals surface area contributed by atoms with Crippen molar-refractivity contribution in [2.75, 3.05) is 11.1 Å². The zero-order chi connectivity index (χ0) is 19.6. The number of thiophene rings is 1. The van der Waals surface area contributed by atoms with Gasteiger partial charge in [0, 0.05) is 16.0 Å². The maximum atomic E-state index is 12.5. The summed E-state index contributed by atoms with van der Waals surface area (Å²) in [5.41, 5.74) is 4.82. The normalized spacial score (nSPS) is 12.8. The van der Waals surface area contributed by atoms with Crippen molar-refractivity contribution in [1.29, 1.82) is 0 Å². The molecular weight excluding hydrogens is 398 g/mol. The summed E-state index contributed by atoms with van der Waals surface area (Å²) in [6, 6.07) is 18.6. The molecule has 29 heavy (non-hydrogen) atoms. The molecule has 144 valence electrons. The number of hydrogen-bond acceptors (Lipinski definition) is 5. The van der Waals surface area contributed by atoms with Crippen molar-refractivity contribution in [2.45, 2.75) is 24.3 Å². The Morgan fingerprint density at radius 2 is 1.90 bits per heavy atom. The molecule has 2 heterocycles. The van der Waals surface area contributed by atoms with Crippen LogP contribution in [-0.2, 0) is 17.6 Å². The highest BCUT2D eigenvalue weighted by Gasteiger charge is 2.14. The number of nitrogens with zero attached hydrogens (tertiary/aromatic N) is 2. The smallest absolute Gasteiger partial charge is 0.234 e. The number of aromatic nitrogens is 2. The van der Waals surface area contributed by atoms with Crippen molar-refractivity contribution in [3.8, 4) is 10.4 Å². The van der Waals surface area contributed by atoms with Gasteiger partial charge in [-0.15, -0.1) is 11.3 Å². The predicted molar refractivity (Wildman–Crippen MR) is 121 cm³/mol. The van der Waals surface area contributed by atoms with Crippen molar-refractivity contribution in [3.05, 3.63) is 72.1 Å². The SMILES string of the molecule is O=C(CSc1ncnc2sc(-c3ccccc3)cc12)Nc1ccc2c(c1)CCC2. The van der Waals surface area contributed by atoms with Gasteiger partial charge in [0.25, 0.3) is 0 Å². The number of nitrogens with one attached hydrogen (secondary N) is 1. The highest BCUT2D eigenvalue weighted by molar-refractivity contribution is 8.00. The van der Waals surface area contributed by atoms with Crippen LogP contribution in [0.15, 0.2) is 66.0 Å². The van der Waals surface area contributed by atoms with Crippen LogP contribution in [-0.4, -0.2) is 21.6 Å². The molecule has 6 heteroatoms. The second-order valence-corrected chi connectivity index (χ2v) is 9.04. The number of fused-ring (bicyclic) bond motifs is 2. The first kappa shape index (κ1) is 18.3. The maximum absolute atomic E-state index is 12.5. The molecule has 0 aliphatic heterocycles. The van der Waals surface area contributed by atoms with Crippen LogP contribution < -0.4 is 5.32 Å². The molecule has 0 bridgehead atoms. The molecule has 1 aliphatic rings. The third-order valence-electron chi connectivity index (χ3n) is 5.07. The Balaban J connectivity index is 1.30. The van der Waals surface area contributed by atoms with Gasteiger partial charge in [0.15, 0.2) is 0 Å². The molecular formula is C23H19N3OS2. The topological polar surface area (TPSA) is 54.9 Å². The highest BCUT2D eigenvalue weighted by Crippen LogP contribution is 2.36. The fourth-order valence-corrected chi connectivity index (χ4v) is 5.52. The van der Waals surface area contributed by atoms with E-state index >= 15 is 0 Å². The van der Waals surface area contributed by atoms with E-state index in [0.29, 0.717) is 5.75 Å². The average molecular weight is 418 g/mol. The highest BCUT2D eigenvalue weighted by atomic mass is 32.2. The van der Waals surface area contributed by atoms with E-state index in [0.717, 1.165) is 38.6 Å². The van der Waals surface area contributed by atoms with Crippen LogP contribution in [0.4, 0.5) is 5.69 Å². The molecule has 0 saturated carbocycles. The third kappa shape index (κ3) is 3.91. The molecule has 0 spiro atoms. The second kappa shape index (κ2) is 7.97. The van der Waals surface area contributed by atoms with E-state index in [1.165, 1.54) is 34.9 Å². The first-order chi connectivity index (χ1) is 14.3. The van der Waals surface area contributed by atoms with E-state index in [2.05, 4.69) is 45.6 Å². The zero-order valence-electron chi connectivity index (χ0n) is 15.7. The number of rotatable bonds is 5. The van der Waals surface area contributed by atoms with E-state index in [1.807, 2.05) is 24.3 Å². The lowest BCUT2D eigenvalue weighted by molar-refractivity contribution is -0.113. The standard InChI is InChI=1S/C23H19N3OS2/c27-21(26-18-10-9-15-7-4-8-17(15)11-18)13-28-22-19-12-20(16-5-2-1-3-6-16)29-23(19)25-14-24-22/h1-3,5-6,9-12,14H,4,7-8,13H2,(H,26,27). The van der Waals surface area contributed by atoms with Crippen molar-refractivity contribution in [2.24, 2.45) is 0 Å². The number of aryl methyl sites for hydroxylation is 2. The van der Waals surface area contributed by atoms with Crippen molar-refractivity contribution in [1.82, 2.24) is 9.97 Å². The van der Waals surface area contributed by atoms with Crippen LogP contribution in [0.2, 0.25) is 0 Å². The Morgan fingerprint density at radius 1 is 1.03 bits per heavy atom. The van der Waals surface area contributed by atoms with Gasteiger partial charge in [-0.05, 0) is 54.2 Å². The quantitative estimate of drug-likeness (QED) is 0.340. The Labute approximate surface area is 177 Å². The number of thioether (sulfide) groups is 1. The Kier molecular flexibility index (Phi) is 5.04. The first-order valence-electron chi connectivity index (χ1n) is 9.61. The predicted octanol–water partition coefficient (Wildman–Crippen LogP) is 5.58. The first-order valence-corrected chi connectivity index (χ1v) is 11.4. The second-order valence-electron chi connectivity index (χ2n) is 7.05. The van der Waals surface area contributed by atoms with Gasteiger partial charge in [-0.1, -0.05) is 48.2 Å². The summed E-state index contributed by atoms with van der Waals surface area (Å²) in [4.78, 5) is 23.4. The molecule has 2 aromatic carbocycles. The van der Waals surface area contributed by atoms with Crippen LogP contribution in [0.1, 0.15) is 17.5 Å². The lowest BCUT2D eigenvalue weighted by Crippen LogP contribution is -2.14. The van der Waals surface area contributed by atoms with Crippen molar-refractivity contribution in [3.63, 3.8) is 0 Å². The molecule has 1 N–H and O–H groups in total. The van der Waals surface area contributed by atoms with Crippen LogP contribution in [0.5, 0.6) is 0 Å². The Morgan fingerprint density at radius 3 is 2.79 bits per heavy atom. The molecule has 0 saturated heterocycles. The van der Waals surface area contributed by atoms with Gasteiger partial charge in [-0.3, -0.25) is 4.79 Å². The minimum atomic E-state index is -0.0155. The molecule has 0 fully saturated rings. The molecule has 0 atom stereocenters. The molecule has 0 unspecified atom stereocenters. The van der Waals surface area contributed by atoms with E-state index in [4.69, 9.17) is 0 Å². The Bertz CT molecular complexity index is 1190. The number of carbonyl (C=O) groups excluding carboxylic acids is 1. The zero-order valence-corrected chi connectivity index (χ0v) is 17.4. The van der Waals surface area contributed by atoms with E-state index < -0.39 is 0 Å². The number of hydrogen-bond donors (Lipinski definition) is 1. The minimum absolute atomic E-state index is 0.0155. The summed E-state index contributed by atoms with van der Waals surface area (Å²) < 4.78 is 0. The lowest BCUT2D eigenvalue weighted by Gasteiger charge is -2.07. The van der Waals surface area contributed by atoms with Crippen LogP contribution in [0, 0.1) is 0 Å². The number of carbonyl (C=O) groups is 1. The lowest BCUT2D eigenvalue weighted by atomic mass is 10.1. The number of anilines is 1. The maximum Gasteiger partial charge on any atom is 0.234 e. The molecule has 5 rings (SSSR count). The molecule has 4 nitrogen and oxygen atoms in total. The third-order valence-corrected chi connectivity index (χ3v) is 7.17. The minimum Gasteiger partial charge on any atom is -0.325 e. The average Bonchev–Trinajstić information content (AvgIpc) is 3.39. The summed E-state index contributed by atoms with van der Waals surface area (Å²) >= 11 is 3.10. The van der Waals surface area contributed by atoms with Crippen molar-refractivity contribution < 1.29 is 4.79 Å². The van der Waals surface area contributed by atoms with Crippen LogP contribution >= 0.6 is 23.1 Å². The van der Waals surface area contributed by atoms with Gasteiger partial charge in [0.05, 0.1) is 5.75 Å². The van der Waals surface area contributed by atoms with Crippen LogP contribution in [0.3, 0.4) is 0 Å². The molecule has 2 aromatic heterocycles. The monoisotopic (exact) mass is 417 g/mol. The largest absolute Gasteiger partial charge is 0.325 e. The van der Waals surface area contributed by atoms with Gasteiger partial charge >= 0.3 is 0 Å². The fourth-order valence-electron chi connectivity index (χ4n) is 3.67.